The third-order valence-corrected chi connectivity index (χ3v) is 8.40. The maximum Gasteiger partial charge on any atom is 0.416 e. The molecule has 1 atom stereocenters. The molecule has 1 N–H and O–H groups in total. The number of alkyl halides is 3. The Kier molecular flexibility index (Phi) is 10.6. The van der Waals surface area contributed by atoms with Crippen molar-refractivity contribution in [2.75, 3.05) is 17.1 Å². The molecule has 2 amide bonds. The third kappa shape index (κ3) is 8.97. The van der Waals surface area contributed by atoms with Crippen molar-refractivity contribution >= 4 is 27.5 Å². The molecular weight excluding hydrogens is 543 g/mol. The quantitative estimate of drug-likeness (QED) is 0.384. The van der Waals surface area contributed by atoms with Gasteiger partial charge in [-0.15, -0.1) is 0 Å². The summed E-state index contributed by atoms with van der Waals surface area (Å²) in [7, 11) is -3.92. The lowest BCUT2D eigenvalue weighted by molar-refractivity contribution is -0.141. The van der Waals surface area contributed by atoms with Gasteiger partial charge in [-0.2, -0.15) is 13.2 Å². The van der Waals surface area contributed by atoms with E-state index >= 15 is 0 Å². The number of anilines is 1. The molecule has 1 saturated carbocycles. The summed E-state index contributed by atoms with van der Waals surface area (Å²) >= 11 is 0. The van der Waals surface area contributed by atoms with Crippen LogP contribution in [0.4, 0.5) is 18.9 Å². The van der Waals surface area contributed by atoms with Gasteiger partial charge in [0, 0.05) is 25.6 Å². The van der Waals surface area contributed by atoms with Crippen molar-refractivity contribution in [2.45, 2.75) is 83.6 Å². The van der Waals surface area contributed by atoms with E-state index in [4.69, 9.17) is 0 Å². The number of carbonyl (C=O) groups is 2. The van der Waals surface area contributed by atoms with Crippen molar-refractivity contribution in [3.8, 4) is 0 Å². The second-order valence-electron chi connectivity index (χ2n) is 10.5. The van der Waals surface area contributed by atoms with E-state index in [0.29, 0.717) is 0 Å². The standard InChI is InChI=1S/C29H38F3N3O4S/c1-21-14-16-23(17-15-21)20-34(22(2)28(37)33-25-10-5-4-6-11-25)27(36)13-8-18-35(40(3,38)39)26-12-7-9-24(19-26)29(30,31)32/h7,9,12,14-17,19,22,25H,4-6,8,10-11,13,18,20H2,1-3H3,(H,33,37)/t22-/m1/s1. The number of rotatable bonds is 11. The molecule has 0 aromatic heterocycles. The fourth-order valence-corrected chi connectivity index (χ4v) is 5.84. The minimum absolute atomic E-state index is 0.0590. The van der Waals surface area contributed by atoms with Crippen LogP contribution >= 0.6 is 0 Å². The zero-order valence-corrected chi connectivity index (χ0v) is 24.0. The Balaban J connectivity index is 1.74. The van der Waals surface area contributed by atoms with Crippen LogP contribution in [0.1, 0.15) is 68.6 Å². The average molecular weight is 582 g/mol. The van der Waals surface area contributed by atoms with Gasteiger partial charge in [-0.3, -0.25) is 13.9 Å². The number of nitrogens with one attached hydrogen (secondary N) is 1. The Bertz CT molecular complexity index is 1260. The van der Waals surface area contributed by atoms with Gasteiger partial charge in [0.1, 0.15) is 6.04 Å². The zero-order chi connectivity index (χ0) is 29.5. The summed E-state index contributed by atoms with van der Waals surface area (Å²) in [6, 6.07) is 11.0. The number of benzene rings is 2. The van der Waals surface area contributed by atoms with Crippen LogP contribution in [0, 0.1) is 6.92 Å². The molecular formula is C29H38F3N3O4S. The Hall–Kier alpha value is -3.08. The summed E-state index contributed by atoms with van der Waals surface area (Å²) in [4.78, 5) is 28.0. The highest BCUT2D eigenvalue weighted by Gasteiger charge is 2.32. The SMILES string of the molecule is Cc1ccc(CN(C(=O)CCCN(c2cccc(C(F)(F)F)c2)S(C)(=O)=O)[C@H](C)C(=O)NC2CCCCC2)cc1. The predicted molar refractivity (Wildman–Crippen MR) is 149 cm³/mol. The molecule has 0 unspecified atom stereocenters. The van der Waals surface area contributed by atoms with Crippen molar-refractivity contribution in [3.63, 3.8) is 0 Å². The smallest absolute Gasteiger partial charge is 0.352 e. The van der Waals surface area contributed by atoms with Gasteiger partial charge in [0.2, 0.25) is 21.8 Å². The van der Waals surface area contributed by atoms with Gasteiger partial charge >= 0.3 is 6.18 Å². The van der Waals surface area contributed by atoms with Crippen LogP contribution in [-0.4, -0.2) is 50.0 Å². The van der Waals surface area contributed by atoms with Crippen LogP contribution in [0.15, 0.2) is 48.5 Å². The van der Waals surface area contributed by atoms with Gasteiger partial charge in [0.25, 0.3) is 0 Å². The lowest BCUT2D eigenvalue weighted by Gasteiger charge is -2.31. The lowest BCUT2D eigenvalue weighted by Crippen LogP contribution is -2.50. The topological polar surface area (TPSA) is 86.8 Å². The van der Waals surface area contributed by atoms with Crippen molar-refractivity contribution in [1.29, 1.82) is 0 Å². The first-order valence-corrected chi connectivity index (χ1v) is 15.4. The molecule has 0 aliphatic heterocycles. The molecule has 0 bridgehead atoms. The molecule has 1 aliphatic rings. The summed E-state index contributed by atoms with van der Waals surface area (Å²) in [5.41, 5.74) is 0.816. The number of carbonyl (C=O) groups excluding carboxylic acids is 2. The van der Waals surface area contributed by atoms with E-state index in [1.54, 1.807) is 6.92 Å². The number of sulfonamides is 1. The highest BCUT2D eigenvalue weighted by atomic mass is 32.2. The van der Waals surface area contributed by atoms with Crippen molar-refractivity contribution < 1.29 is 31.2 Å². The predicted octanol–water partition coefficient (Wildman–Crippen LogP) is 5.43. The van der Waals surface area contributed by atoms with E-state index in [1.807, 2.05) is 31.2 Å². The molecule has 220 valence electrons. The number of amides is 2. The molecule has 7 nitrogen and oxygen atoms in total. The minimum atomic E-state index is -4.63. The molecule has 1 fully saturated rings. The van der Waals surface area contributed by atoms with Gasteiger partial charge in [-0.05, 0) is 56.9 Å². The summed E-state index contributed by atoms with van der Waals surface area (Å²) < 4.78 is 65.4. The first-order valence-electron chi connectivity index (χ1n) is 13.6. The lowest BCUT2D eigenvalue weighted by atomic mass is 9.95. The largest absolute Gasteiger partial charge is 0.416 e. The Morgan fingerprint density at radius 3 is 2.30 bits per heavy atom. The molecule has 1 aliphatic carbocycles. The maximum atomic E-state index is 13.4. The van der Waals surface area contributed by atoms with Gasteiger partial charge in [-0.25, -0.2) is 8.42 Å². The Morgan fingerprint density at radius 2 is 1.70 bits per heavy atom. The fraction of sp³-hybridized carbons (Fsp3) is 0.517. The van der Waals surface area contributed by atoms with Crippen molar-refractivity contribution in [2.24, 2.45) is 0 Å². The normalized spacial score (nSPS) is 15.3. The van der Waals surface area contributed by atoms with E-state index in [0.717, 1.165) is 72.0 Å². The van der Waals surface area contributed by atoms with Crippen LogP contribution in [0.2, 0.25) is 0 Å². The number of halogens is 3. The molecule has 40 heavy (non-hydrogen) atoms. The summed E-state index contributed by atoms with van der Waals surface area (Å²) in [5.74, 6) is -0.585. The molecule has 2 aromatic rings. The van der Waals surface area contributed by atoms with E-state index in [1.165, 1.54) is 11.0 Å². The van der Waals surface area contributed by atoms with Crippen LogP contribution in [0.25, 0.3) is 0 Å². The first kappa shape index (κ1) is 31.4. The van der Waals surface area contributed by atoms with E-state index in [2.05, 4.69) is 5.32 Å². The number of nitrogens with zero attached hydrogens (tertiary/aromatic N) is 2. The van der Waals surface area contributed by atoms with E-state index in [-0.39, 0.29) is 49.5 Å². The Labute approximate surface area is 234 Å². The number of aryl methyl sites for hydroxylation is 1. The highest BCUT2D eigenvalue weighted by molar-refractivity contribution is 7.92. The molecule has 11 heteroatoms. The second kappa shape index (κ2) is 13.5. The van der Waals surface area contributed by atoms with Crippen LogP contribution < -0.4 is 9.62 Å². The monoisotopic (exact) mass is 581 g/mol. The molecule has 0 saturated heterocycles. The van der Waals surface area contributed by atoms with Gasteiger partial charge in [0.05, 0.1) is 17.5 Å². The fourth-order valence-electron chi connectivity index (χ4n) is 4.88. The first-order chi connectivity index (χ1) is 18.8. The molecule has 3 rings (SSSR count). The number of hydrogen-bond acceptors (Lipinski definition) is 4. The molecule has 0 spiro atoms. The second-order valence-corrected chi connectivity index (χ2v) is 12.4. The van der Waals surface area contributed by atoms with E-state index < -0.39 is 27.8 Å². The Morgan fingerprint density at radius 1 is 1.05 bits per heavy atom. The maximum absolute atomic E-state index is 13.4. The van der Waals surface area contributed by atoms with Crippen LogP contribution in [0.3, 0.4) is 0 Å². The van der Waals surface area contributed by atoms with Gasteiger partial charge in [0.15, 0.2) is 0 Å². The summed E-state index contributed by atoms with van der Waals surface area (Å²) in [6.45, 7) is 3.63. The van der Waals surface area contributed by atoms with Crippen LogP contribution in [0.5, 0.6) is 0 Å². The third-order valence-electron chi connectivity index (χ3n) is 7.21. The van der Waals surface area contributed by atoms with E-state index in [9.17, 15) is 31.2 Å². The average Bonchev–Trinajstić information content (AvgIpc) is 2.89. The van der Waals surface area contributed by atoms with Crippen LogP contribution in [-0.2, 0) is 32.3 Å². The molecule has 2 aromatic carbocycles. The summed E-state index contributed by atoms with van der Waals surface area (Å²) in [6.07, 6.45) is 1.31. The molecule has 0 heterocycles. The highest BCUT2D eigenvalue weighted by Crippen LogP contribution is 2.32. The van der Waals surface area contributed by atoms with Crippen molar-refractivity contribution in [3.05, 3.63) is 65.2 Å². The minimum Gasteiger partial charge on any atom is -0.352 e. The van der Waals surface area contributed by atoms with Crippen molar-refractivity contribution in [1.82, 2.24) is 10.2 Å². The molecule has 0 radical (unpaired) electrons. The summed E-state index contributed by atoms with van der Waals surface area (Å²) in [5, 5.41) is 3.07. The van der Waals surface area contributed by atoms with Gasteiger partial charge < -0.3 is 10.2 Å². The zero-order valence-electron chi connectivity index (χ0n) is 23.2. The van der Waals surface area contributed by atoms with Gasteiger partial charge in [-0.1, -0.05) is 55.2 Å². The number of hydrogen-bond donors (Lipinski definition) is 1.